The van der Waals surface area contributed by atoms with Crippen molar-refractivity contribution < 1.29 is 13.2 Å². The number of hydrogen-bond acceptors (Lipinski definition) is 4. The van der Waals surface area contributed by atoms with E-state index in [0.29, 0.717) is 13.0 Å². The SMILES string of the molecule is CCC(C(N)=S)S(=O)(=O)N1CCN(C)C(=O)C1(C)C. The fourth-order valence-electron chi connectivity index (χ4n) is 2.35. The molecule has 110 valence electrons. The van der Waals surface area contributed by atoms with Crippen LogP contribution in [0.5, 0.6) is 0 Å². The molecule has 19 heavy (non-hydrogen) atoms. The molecule has 0 aromatic carbocycles. The second-order valence-corrected chi connectivity index (χ2v) is 7.71. The van der Waals surface area contributed by atoms with Crippen molar-refractivity contribution in [3.8, 4) is 0 Å². The Kier molecular flexibility index (Phi) is 4.58. The normalized spacial score (nSPS) is 22.3. The van der Waals surface area contributed by atoms with Crippen molar-refractivity contribution in [3.63, 3.8) is 0 Å². The summed E-state index contributed by atoms with van der Waals surface area (Å²) in [4.78, 5) is 13.6. The summed E-state index contributed by atoms with van der Waals surface area (Å²) in [5.41, 5.74) is 4.41. The lowest BCUT2D eigenvalue weighted by molar-refractivity contribution is -0.142. The third-order valence-corrected chi connectivity index (χ3v) is 6.48. The van der Waals surface area contributed by atoms with Crippen LogP contribution in [-0.4, -0.2) is 59.4 Å². The predicted molar refractivity (Wildman–Crippen MR) is 78.2 cm³/mol. The van der Waals surface area contributed by atoms with Crippen LogP contribution in [-0.2, 0) is 14.8 Å². The first kappa shape index (κ1) is 16.3. The van der Waals surface area contributed by atoms with Crippen molar-refractivity contribution in [3.05, 3.63) is 0 Å². The Balaban J connectivity index is 3.21. The zero-order chi connectivity index (χ0) is 15.0. The van der Waals surface area contributed by atoms with Crippen LogP contribution >= 0.6 is 12.2 Å². The van der Waals surface area contributed by atoms with Crippen LogP contribution in [0.3, 0.4) is 0 Å². The molecule has 0 aromatic rings. The summed E-state index contributed by atoms with van der Waals surface area (Å²) in [6.45, 7) is 5.56. The second kappa shape index (κ2) is 5.34. The molecule has 8 heteroatoms. The Bertz CT molecular complexity index is 487. The highest BCUT2D eigenvalue weighted by molar-refractivity contribution is 7.92. The molecule has 0 radical (unpaired) electrons. The van der Waals surface area contributed by atoms with Gasteiger partial charge in [0.1, 0.15) is 10.8 Å². The number of piperazine rings is 1. The molecule has 1 atom stereocenters. The number of amides is 1. The Morgan fingerprint density at radius 2 is 2.00 bits per heavy atom. The zero-order valence-corrected chi connectivity index (χ0v) is 13.3. The molecule has 1 aliphatic heterocycles. The number of rotatable bonds is 4. The molecule has 0 spiro atoms. The quantitative estimate of drug-likeness (QED) is 0.735. The maximum Gasteiger partial charge on any atom is 0.243 e. The molecular weight excluding hydrogens is 286 g/mol. The summed E-state index contributed by atoms with van der Waals surface area (Å²) in [6.07, 6.45) is 0.300. The lowest BCUT2D eigenvalue weighted by Crippen LogP contribution is -2.65. The van der Waals surface area contributed by atoms with Crippen LogP contribution in [0.4, 0.5) is 0 Å². The molecule has 0 bridgehead atoms. The standard InChI is InChI=1S/C11H21N3O3S2/c1-5-8(9(12)18)19(16,17)14-7-6-13(4)10(15)11(14,2)3/h8H,5-7H2,1-4H3,(H2,12,18). The van der Waals surface area contributed by atoms with Gasteiger partial charge in [-0.15, -0.1) is 0 Å². The third-order valence-electron chi connectivity index (χ3n) is 3.49. The van der Waals surface area contributed by atoms with Gasteiger partial charge in [0.05, 0.1) is 4.99 Å². The van der Waals surface area contributed by atoms with Crippen LogP contribution in [0.1, 0.15) is 27.2 Å². The van der Waals surface area contributed by atoms with E-state index in [9.17, 15) is 13.2 Å². The number of hydrogen-bond donors (Lipinski definition) is 1. The molecule has 0 aromatic heterocycles. The van der Waals surface area contributed by atoms with Gasteiger partial charge in [0, 0.05) is 20.1 Å². The predicted octanol–water partition coefficient (Wildman–Crippen LogP) is -0.0665. The van der Waals surface area contributed by atoms with Crippen molar-refractivity contribution in [1.29, 1.82) is 0 Å². The van der Waals surface area contributed by atoms with E-state index >= 15 is 0 Å². The van der Waals surface area contributed by atoms with Gasteiger partial charge in [-0.2, -0.15) is 4.31 Å². The van der Waals surface area contributed by atoms with Gasteiger partial charge in [0.25, 0.3) is 0 Å². The Morgan fingerprint density at radius 1 is 1.47 bits per heavy atom. The van der Waals surface area contributed by atoms with E-state index in [1.165, 1.54) is 9.21 Å². The van der Waals surface area contributed by atoms with Crippen LogP contribution in [0.25, 0.3) is 0 Å². The van der Waals surface area contributed by atoms with E-state index in [2.05, 4.69) is 0 Å². The number of carbonyl (C=O) groups is 1. The van der Waals surface area contributed by atoms with E-state index in [1.807, 2.05) is 0 Å². The maximum absolute atomic E-state index is 12.6. The topological polar surface area (TPSA) is 83.7 Å². The Morgan fingerprint density at radius 3 is 2.42 bits per heavy atom. The minimum Gasteiger partial charge on any atom is -0.392 e. The average molecular weight is 307 g/mol. The third kappa shape index (κ3) is 2.75. The molecule has 1 rings (SSSR count). The van der Waals surface area contributed by atoms with E-state index in [-0.39, 0.29) is 17.4 Å². The van der Waals surface area contributed by atoms with Crippen molar-refractivity contribution in [2.24, 2.45) is 5.73 Å². The van der Waals surface area contributed by atoms with E-state index < -0.39 is 20.8 Å². The smallest absolute Gasteiger partial charge is 0.243 e. The summed E-state index contributed by atoms with van der Waals surface area (Å²) in [5, 5.41) is -0.919. The summed E-state index contributed by atoms with van der Waals surface area (Å²) < 4.78 is 26.5. The zero-order valence-electron chi connectivity index (χ0n) is 11.7. The van der Waals surface area contributed by atoms with Gasteiger partial charge in [0.15, 0.2) is 0 Å². The maximum atomic E-state index is 12.6. The van der Waals surface area contributed by atoms with Crippen molar-refractivity contribution in [1.82, 2.24) is 9.21 Å². The molecule has 1 amide bonds. The number of sulfonamides is 1. The fraction of sp³-hybridized carbons (Fsp3) is 0.818. The number of nitrogens with zero attached hydrogens (tertiary/aromatic N) is 2. The highest BCUT2D eigenvalue weighted by atomic mass is 32.2. The molecular formula is C11H21N3O3S2. The highest BCUT2D eigenvalue weighted by Gasteiger charge is 2.48. The average Bonchev–Trinajstić information content (AvgIpc) is 2.25. The van der Waals surface area contributed by atoms with Gasteiger partial charge in [-0.3, -0.25) is 4.79 Å². The van der Waals surface area contributed by atoms with Gasteiger partial charge in [-0.25, -0.2) is 8.42 Å². The van der Waals surface area contributed by atoms with Crippen LogP contribution < -0.4 is 5.73 Å². The minimum atomic E-state index is -3.72. The highest BCUT2D eigenvalue weighted by Crippen LogP contribution is 2.28. The number of likely N-dealkylation sites (N-methyl/N-ethyl adjacent to an activating group) is 1. The fourth-order valence-corrected chi connectivity index (χ4v) is 4.96. The van der Waals surface area contributed by atoms with Crippen LogP contribution in [0.15, 0.2) is 0 Å². The molecule has 1 fully saturated rings. The molecule has 2 N–H and O–H groups in total. The molecule has 1 heterocycles. The molecule has 1 aliphatic rings. The van der Waals surface area contributed by atoms with Gasteiger partial charge in [0.2, 0.25) is 15.9 Å². The first-order valence-electron chi connectivity index (χ1n) is 6.13. The second-order valence-electron chi connectivity index (χ2n) is 5.20. The number of carbonyl (C=O) groups excluding carboxylic acids is 1. The van der Waals surface area contributed by atoms with Crippen molar-refractivity contribution >= 4 is 33.1 Å². The van der Waals surface area contributed by atoms with E-state index in [4.69, 9.17) is 18.0 Å². The number of thiocarbonyl (C=S) groups is 1. The van der Waals surface area contributed by atoms with Gasteiger partial charge < -0.3 is 10.6 Å². The Hall–Kier alpha value is -0.730. The lowest BCUT2D eigenvalue weighted by Gasteiger charge is -2.44. The van der Waals surface area contributed by atoms with E-state index in [0.717, 1.165) is 0 Å². The summed E-state index contributed by atoms with van der Waals surface area (Å²) in [7, 11) is -2.05. The first-order chi connectivity index (χ1) is 8.56. The van der Waals surface area contributed by atoms with Gasteiger partial charge in [-0.05, 0) is 20.3 Å². The lowest BCUT2D eigenvalue weighted by atomic mass is 10.0. The molecule has 1 saturated heterocycles. The van der Waals surface area contributed by atoms with Crippen LogP contribution in [0, 0.1) is 0 Å². The summed E-state index contributed by atoms with van der Waals surface area (Å²) >= 11 is 4.84. The molecule has 0 saturated carbocycles. The monoisotopic (exact) mass is 307 g/mol. The minimum absolute atomic E-state index is 0.0512. The summed E-state index contributed by atoms with van der Waals surface area (Å²) in [5.74, 6) is -0.222. The molecule has 1 unspecified atom stereocenters. The van der Waals surface area contributed by atoms with Crippen molar-refractivity contribution in [2.75, 3.05) is 20.1 Å². The van der Waals surface area contributed by atoms with Crippen molar-refractivity contribution in [2.45, 2.75) is 38.0 Å². The Labute approximate surface area is 120 Å². The van der Waals surface area contributed by atoms with E-state index in [1.54, 1.807) is 27.8 Å². The first-order valence-corrected chi connectivity index (χ1v) is 8.04. The number of nitrogens with two attached hydrogens (primary N) is 1. The van der Waals surface area contributed by atoms with Crippen LogP contribution in [0.2, 0.25) is 0 Å². The van der Waals surface area contributed by atoms with Gasteiger partial charge in [-0.1, -0.05) is 19.1 Å². The summed E-state index contributed by atoms with van der Waals surface area (Å²) in [6, 6.07) is 0. The molecule has 6 nitrogen and oxygen atoms in total. The van der Waals surface area contributed by atoms with Gasteiger partial charge >= 0.3 is 0 Å². The largest absolute Gasteiger partial charge is 0.392 e. The molecule has 0 aliphatic carbocycles.